The zero-order valence-corrected chi connectivity index (χ0v) is 27.1. The van der Waals surface area contributed by atoms with Crippen molar-refractivity contribution in [1.29, 1.82) is 5.26 Å². The van der Waals surface area contributed by atoms with Crippen LogP contribution in [-0.2, 0) is 28.7 Å². The van der Waals surface area contributed by atoms with Crippen molar-refractivity contribution in [2.75, 3.05) is 32.6 Å². The summed E-state index contributed by atoms with van der Waals surface area (Å²) in [6.45, 7) is 2.82. The number of hydrogen-bond acceptors (Lipinski definition) is 7. The number of aromatic nitrogens is 4. The molecule has 0 bridgehead atoms. The Hall–Kier alpha value is -4.74. The van der Waals surface area contributed by atoms with Crippen LogP contribution >= 0.6 is 0 Å². The van der Waals surface area contributed by atoms with Crippen molar-refractivity contribution in [2.45, 2.75) is 32.1 Å². The minimum Gasteiger partial charge on any atom is -1.00 e. The fourth-order valence-electron chi connectivity index (χ4n) is 5.67. The number of pyridine rings is 1. The number of ether oxygens (including phenoxy) is 1. The number of nitrogens with one attached hydrogen (secondary N) is 1. The van der Waals surface area contributed by atoms with Gasteiger partial charge in [-0.05, 0) is 60.5 Å². The van der Waals surface area contributed by atoms with Gasteiger partial charge in [-0.25, -0.2) is 19.3 Å². The number of methoxy groups -OCH3 is 1. The molecular weight excluding hydrogens is 667 g/mol. The molecule has 1 aliphatic heterocycles. The lowest BCUT2D eigenvalue weighted by Crippen LogP contribution is -3.00. The third-order valence-electron chi connectivity index (χ3n) is 7.85. The predicted octanol–water partition coefficient (Wildman–Crippen LogP) is 1.87. The van der Waals surface area contributed by atoms with E-state index in [9.17, 15) is 28.0 Å². The molecule has 1 atom stereocenters. The number of carbonyl (C=O) groups excluding carboxylic acids is 1. The first-order chi connectivity index (χ1) is 21.3. The van der Waals surface area contributed by atoms with Crippen LogP contribution in [0.4, 0.5) is 24.8 Å². The lowest BCUT2D eigenvalue weighted by atomic mass is 9.89. The minimum atomic E-state index is -4.62. The average Bonchev–Trinajstić information content (AvgIpc) is 3.39. The quantitative estimate of drug-likeness (QED) is 0.221. The van der Waals surface area contributed by atoms with Gasteiger partial charge in [0.05, 0.1) is 56.2 Å². The third kappa shape index (κ3) is 6.75. The first-order valence-corrected chi connectivity index (χ1v) is 14.0. The first kappa shape index (κ1) is 34.1. The van der Waals surface area contributed by atoms with E-state index in [2.05, 4.69) is 35.3 Å². The summed E-state index contributed by atoms with van der Waals surface area (Å²) in [5, 5.41) is 16.3. The lowest BCUT2D eigenvalue weighted by molar-refractivity contribution is -0.903. The number of aromatic amines is 1. The molecule has 0 aliphatic carbocycles. The number of nitriles is 1. The Labute approximate surface area is 273 Å². The molecule has 46 heavy (non-hydrogen) atoms. The average molecular weight is 699 g/mol. The summed E-state index contributed by atoms with van der Waals surface area (Å²) in [6.07, 6.45) is -2.42. The molecule has 0 fully saturated rings. The molecule has 14 heteroatoms. The summed E-state index contributed by atoms with van der Waals surface area (Å²) in [6, 6.07) is 16.4. The van der Waals surface area contributed by atoms with Crippen LogP contribution in [0.15, 0.2) is 82.9 Å². The van der Waals surface area contributed by atoms with E-state index in [0.29, 0.717) is 40.7 Å². The third-order valence-corrected chi connectivity index (χ3v) is 7.85. The predicted molar refractivity (Wildman–Crippen MR) is 159 cm³/mol. The fraction of sp³-hybridized carbons (Fsp3) is 0.281. The summed E-state index contributed by atoms with van der Waals surface area (Å²) in [5.74, 6) is -0.772. The van der Waals surface area contributed by atoms with Gasteiger partial charge in [-0.15, -0.1) is 5.10 Å². The van der Waals surface area contributed by atoms with E-state index in [0.717, 1.165) is 17.8 Å². The van der Waals surface area contributed by atoms with Gasteiger partial charge in [-0.3, -0.25) is 9.88 Å². The number of likely N-dealkylation sites (N-methyl/N-ethyl adjacent to an activating group) is 1. The molecule has 5 rings (SSSR count). The van der Waals surface area contributed by atoms with Crippen LogP contribution in [0.25, 0.3) is 0 Å². The number of H-pyrrole nitrogens is 1. The monoisotopic (exact) mass is 697 g/mol. The second-order valence-electron chi connectivity index (χ2n) is 11.4. The standard InChI is InChI=1S/C32H30F3N7O3.BrH/c1-20-27(29(43)45-4)28(41-30(38-39-31(41)44)40(20)25-10-7-8-23(17-25)32(33,34)35)26-12-11-21(18-36)16-22(26)13-15-42(2,3)19-24-9-5-6-14-37-24;/h5-12,14,16-17,28H,13,15,19H2,1-4H3;1H. The Kier molecular flexibility index (Phi) is 9.88. The smallest absolute Gasteiger partial charge is 0.416 e. The van der Waals surface area contributed by atoms with Gasteiger partial charge in [0.15, 0.2) is 0 Å². The molecule has 2 aromatic heterocycles. The summed E-state index contributed by atoms with van der Waals surface area (Å²) >= 11 is 0. The van der Waals surface area contributed by atoms with E-state index in [1.165, 1.54) is 28.7 Å². The zero-order valence-electron chi connectivity index (χ0n) is 25.5. The van der Waals surface area contributed by atoms with Crippen LogP contribution in [0.3, 0.4) is 0 Å². The summed E-state index contributed by atoms with van der Waals surface area (Å²) in [7, 11) is 5.30. The van der Waals surface area contributed by atoms with Gasteiger partial charge in [0, 0.05) is 24.0 Å². The van der Waals surface area contributed by atoms with Crippen LogP contribution < -0.4 is 27.6 Å². The number of quaternary nitrogens is 1. The van der Waals surface area contributed by atoms with E-state index in [-0.39, 0.29) is 39.9 Å². The van der Waals surface area contributed by atoms with E-state index < -0.39 is 29.4 Å². The fourth-order valence-corrected chi connectivity index (χ4v) is 5.67. The number of rotatable bonds is 8. The number of esters is 1. The maximum atomic E-state index is 13.7. The second kappa shape index (κ2) is 13.3. The highest BCUT2D eigenvalue weighted by atomic mass is 79.9. The van der Waals surface area contributed by atoms with Gasteiger partial charge in [0.2, 0.25) is 5.95 Å². The highest BCUT2D eigenvalue weighted by Gasteiger charge is 2.41. The topological polar surface area (TPSA) is 117 Å². The molecule has 10 nitrogen and oxygen atoms in total. The molecule has 0 amide bonds. The largest absolute Gasteiger partial charge is 1.00 e. The molecule has 2 aromatic carbocycles. The van der Waals surface area contributed by atoms with Gasteiger partial charge in [0.25, 0.3) is 0 Å². The van der Waals surface area contributed by atoms with E-state index >= 15 is 0 Å². The van der Waals surface area contributed by atoms with Crippen molar-refractivity contribution >= 4 is 17.6 Å². The highest BCUT2D eigenvalue weighted by molar-refractivity contribution is 5.93. The van der Waals surface area contributed by atoms with Gasteiger partial charge in [0.1, 0.15) is 12.6 Å². The van der Waals surface area contributed by atoms with Crippen molar-refractivity contribution in [2.24, 2.45) is 0 Å². The molecule has 0 saturated heterocycles. The number of anilines is 2. The number of fused-ring (bicyclic) bond motifs is 1. The highest BCUT2D eigenvalue weighted by Crippen LogP contribution is 2.43. The Balaban J connectivity index is 0.00000480. The maximum Gasteiger partial charge on any atom is 0.416 e. The van der Waals surface area contributed by atoms with Crippen molar-refractivity contribution in [1.82, 2.24) is 19.7 Å². The molecular formula is C32H31BrF3N7O3. The molecule has 0 radical (unpaired) electrons. The van der Waals surface area contributed by atoms with Crippen molar-refractivity contribution in [3.8, 4) is 6.07 Å². The Morgan fingerprint density at radius 2 is 1.89 bits per heavy atom. The van der Waals surface area contributed by atoms with Gasteiger partial charge in [-0.2, -0.15) is 18.4 Å². The normalized spacial score (nSPS) is 14.7. The van der Waals surface area contributed by atoms with Crippen molar-refractivity contribution in [3.63, 3.8) is 0 Å². The number of carbonyl (C=O) groups is 1. The number of hydrogen-bond donors (Lipinski definition) is 1. The van der Waals surface area contributed by atoms with Gasteiger partial charge < -0.3 is 26.2 Å². The van der Waals surface area contributed by atoms with E-state index in [1.54, 1.807) is 31.3 Å². The molecule has 1 unspecified atom stereocenters. The summed E-state index contributed by atoms with van der Waals surface area (Å²) in [5.41, 5.74) is 1.32. The maximum absolute atomic E-state index is 13.7. The van der Waals surface area contributed by atoms with Crippen LogP contribution in [0.5, 0.6) is 0 Å². The van der Waals surface area contributed by atoms with Gasteiger partial charge >= 0.3 is 17.8 Å². The van der Waals surface area contributed by atoms with Crippen LogP contribution in [0.1, 0.15) is 40.9 Å². The molecule has 4 aromatic rings. The number of nitrogens with zero attached hydrogens (tertiary/aromatic N) is 6. The number of alkyl halides is 3. The molecule has 0 spiro atoms. The van der Waals surface area contributed by atoms with Gasteiger partial charge in [-0.1, -0.05) is 18.2 Å². The van der Waals surface area contributed by atoms with Crippen molar-refractivity contribution < 1.29 is 44.2 Å². The van der Waals surface area contributed by atoms with Crippen LogP contribution in [-0.4, -0.2) is 58.0 Å². The summed E-state index contributed by atoms with van der Waals surface area (Å²) < 4.78 is 47.9. The number of halogens is 4. The Bertz CT molecular complexity index is 1880. The van der Waals surface area contributed by atoms with E-state index in [4.69, 9.17) is 4.74 Å². The molecule has 1 N–H and O–H groups in total. The number of allylic oxidation sites excluding steroid dienone is 1. The summed E-state index contributed by atoms with van der Waals surface area (Å²) in [4.78, 5) is 32.6. The van der Waals surface area contributed by atoms with Crippen molar-refractivity contribution in [3.05, 3.63) is 117 Å². The Morgan fingerprint density at radius 1 is 1.13 bits per heavy atom. The molecule has 3 heterocycles. The second-order valence-corrected chi connectivity index (χ2v) is 11.4. The Morgan fingerprint density at radius 3 is 2.54 bits per heavy atom. The SMILES string of the molecule is COC(=O)C1=C(C)N(c2cccc(C(F)(F)F)c2)c2n[nH]c(=O)n2C1c1ccc(C#N)cc1CC[N+](C)(C)Cc1ccccn1.[Br-]. The zero-order chi connectivity index (χ0) is 32.5. The molecule has 1 aliphatic rings. The van der Waals surface area contributed by atoms with Crippen LogP contribution in [0.2, 0.25) is 0 Å². The minimum absolute atomic E-state index is 0. The van der Waals surface area contributed by atoms with E-state index in [1.807, 2.05) is 18.2 Å². The lowest BCUT2D eigenvalue weighted by Gasteiger charge is -2.36. The molecule has 0 saturated carbocycles. The molecule has 240 valence electrons. The first-order valence-electron chi connectivity index (χ1n) is 14.0. The number of benzene rings is 2. The van der Waals surface area contributed by atoms with Crippen LogP contribution in [0, 0.1) is 11.3 Å².